The second kappa shape index (κ2) is 4.81. The lowest BCUT2D eigenvalue weighted by Crippen LogP contribution is -2.56. The number of nitrogens with zero attached hydrogens (tertiary/aromatic N) is 2. The van der Waals surface area contributed by atoms with Gasteiger partial charge in [0, 0.05) is 37.8 Å². The van der Waals surface area contributed by atoms with E-state index in [2.05, 4.69) is 36.0 Å². The number of piperazine rings is 1. The molecular weight excluding hydrogens is 186 g/mol. The molecule has 2 heterocycles. The Bertz CT molecular complexity index is 189. The minimum atomic E-state index is 0.704. The molecule has 3 heteroatoms. The summed E-state index contributed by atoms with van der Waals surface area (Å²) >= 11 is 0. The quantitative estimate of drug-likeness (QED) is 0.727. The van der Waals surface area contributed by atoms with Crippen LogP contribution in [0.15, 0.2) is 0 Å². The van der Waals surface area contributed by atoms with Crippen molar-refractivity contribution < 1.29 is 0 Å². The highest BCUT2D eigenvalue weighted by molar-refractivity contribution is 4.86. The number of likely N-dealkylation sites (N-methyl/N-ethyl adjacent to an activating group) is 1. The summed E-state index contributed by atoms with van der Waals surface area (Å²) in [4.78, 5) is 5.14. The first-order valence-electron chi connectivity index (χ1n) is 6.34. The maximum Gasteiger partial charge on any atom is 0.0195 e. The van der Waals surface area contributed by atoms with Crippen LogP contribution >= 0.6 is 0 Å². The van der Waals surface area contributed by atoms with E-state index in [9.17, 15) is 0 Å². The maximum absolute atomic E-state index is 3.59. The average molecular weight is 211 g/mol. The van der Waals surface area contributed by atoms with Crippen molar-refractivity contribution in [1.29, 1.82) is 0 Å². The van der Waals surface area contributed by atoms with Gasteiger partial charge in [-0.1, -0.05) is 0 Å². The summed E-state index contributed by atoms with van der Waals surface area (Å²) in [6, 6.07) is 2.16. The van der Waals surface area contributed by atoms with Crippen molar-refractivity contribution in [3.05, 3.63) is 0 Å². The van der Waals surface area contributed by atoms with Gasteiger partial charge in [0.25, 0.3) is 0 Å². The molecule has 0 aromatic heterocycles. The summed E-state index contributed by atoms with van der Waals surface area (Å²) in [5.41, 5.74) is 0. The molecule has 2 rings (SSSR count). The first kappa shape index (κ1) is 11.4. The van der Waals surface area contributed by atoms with Crippen molar-refractivity contribution in [3.63, 3.8) is 0 Å². The molecule has 0 saturated carbocycles. The van der Waals surface area contributed by atoms with Crippen molar-refractivity contribution in [2.24, 2.45) is 0 Å². The molecular formula is C12H25N3. The monoisotopic (exact) mass is 211 g/mol. The van der Waals surface area contributed by atoms with E-state index in [1.54, 1.807) is 0 Å². The summed E-state index contributed by atoms with van der Waals surface area (Å²) in [5.74, 6) is 0. The second-order valence-corrected chi connectivity index (χ2v) is 5.38. The Morgan fingerprint density at radius 1 is 1.20 bits per heavy atom. The van der Waals surface area contributed by atoms with Gasteiger partial charge in [-0.15, -0.1) is 0 Å². The SMILES string of the molecule is CC1CN(C[C@H]2CCCN2)CC(C)N1C. The van der Waals surface area contributed by atoms with Crippen LogP contribution in [-0.2, 0) is 0 Å². The van der Waals surface area contributed by atoms with Gasteiger partial charge >= 0.3 is 0 Å². The Morgan fingerprint density at radius 3 is 2.40 bits per heavy atom. The molecule has 3 atom stereocenters. The summed E-state index contributed by atoms with van der Waals surface area (Å²) in [6.07, 6.45) is 2.73. The van der Waals surface area contributed by atoms with Crippen LogP contribution in [0.5, 0.6) is 0 Å². The highest BCUT2D eigenvalue weighted by Gasteiger charge is 2.28. The first-order chi connectivity index (χ1) is 7.16. The van der Waals surface area contributed by atoms with E-state index >= 15 is 0 Å². The van der Waals surface area contributed by atoms with E-state index in [4.69, 9.17) is 0 Å². The Labute approximate surface area is 93.8 Å². The van der Waals surface area contributed by atoms with Crippen molar-refractivity contribution >= 4 is 0 Å². The van der Waals surface area contributed by atoms with E-state index in [-0.39, 0.29) is 0 Å². The lowest BCUT2D eigenvalue weighted by Gasteiger charge is -2.43. The number of nitrogens with one attached hydrogen (secondary N) is 1. The van der Waals surface area contributed by atoms with Crippen LogP contribution in [0.2, 0.25) is 0 Å². The predicted molar refractivity (Wildman–Crippen MR) is 64.2 cm³/mol. The maximum atomic E-state index is 3.59. The van der Waals surface area contributed by atoms with Crippen LogP contribution in [0.3, 0.4) is 0 Å². The summed E-state index contributed by atoms with van der Waals surface area (Å²) in [6.45, 7) is 9.62. The van der Waals surface area contributed by atoms with Gasteiger partial charge in [-0.05, 0) is 40.3 Å². The summed E-state index contributed by atoms with van der Waals surface area (Å²) < 4.78 is 0. The number of rotatable bonds is 2. The molecule has 2 aliphatic heterocycles. The first-order valence-corrected chi connectivity index (χ1v) is 6.34. The van der Waals surface area contributed by atoms with Crippen molar-refractivity contribution in [2.45, 2.75) is 44.8 Å². The molecule has 0 aromatic carbocycles. The summed E-state index contributed by atoms with van der Waals surface area (Å²) in [5, 5.41) is 3.59. The van der Waals surface area contributed by atoms with Gasteiger partial charge in [0.05, 0.1) is 0 Å². The van der Waals surface area contributed by atoms with Gasteiger partial charge in [-0.3, -0.25) is 9.80 Å². The van der Waals surface area contributed by atoms with Crippen LogP contribution in [-0.4, -0.2) is 61.2 Å². The van der Waals surface area contributed by atoms with Gasteiger partial charge in [-0.25, -0.2) is 0 Å². The Morgan fingerprint density at radius 2 is 1.87 bits per heavy atom. The van der Waals surface area contributed by atoms with Crippen LogP contribution in [0, 0.1) is 0 Å². The zero-order valence-corrected chi connectivity index (χ0v) is 10.4. The molecule has 15 heavy (non-hydrogen) atoms. The molecule has 0 bridgehead atoms. The fraction of sp³-hybridized carbons (Fsp3) is 1.00. The molecule has 3 nitrogen and oxygen atoms in total. The molecule has 2 fully saturated rings. The van der Waals surface area contributed by atoms with Crippen LogP contribution < -0.4 is 5.32 Å². The zero-order valence-electron chi connectivity index (χ0n) is 10.4. The minimum absolute atomic E-state index is 0.704. The third-order valence-electron chi connectivity index (χ3n) is 4.08. The Hall–Kier alpha value is -0.120. The molecule has 2 unspecified atom stereocenters. The van der Waals surface area contributed by atoms with Crippen molar-refractivity contribution in [1.82, 2.24) is 15.1 Å². The topological polar surface area (TPSA) is 18.5 Å². The predicted octanol–water partition coefficient (Wildman–Crippen LogP) is 0.763. The van der Waals surface area contributed by atoms with E-state index in [0.717, 1.165) is 6.04 Å². The normalized spacial score (nSPS) is 39.8. The third-order valence-corrected chi connectivity index (χ3v) is 4.08. The smallest absolute Gasteiger partial charge is 0.0195 e. The van der Waals surface area contributed by atoms with Gasteiger partial charge < -0.3 is 5.32 Å². The molecule has 2 saturated heterocycles. The fourth-order valence-electron chi connectivity index (χ4n) is 2.89. The van der Waals surface area contributed by atoms with Crippen LogP contribution in [0.1, 0.15) is 26.7 Å². The summed E-state index contributed by atoms with van der Waals surface area (Å²) in [7, 11) is 2.25. The largest absolute Gasteiger partial charge is 0.313 e. The molecule has 0 spiro atoms. The van der Waals surface area contributed by atoms with Crippen LogP contribution in [0.4, 0.5) is 0 Å². The van der Waals surface area contributed by atoms with E-state index in [0.29, 0.717) is 12.1 Å². The van der Waals surface area contributed by atoms with E-state index in [1.807, 2.05) is 0 Å². The lowest BCUT2D eigenvalue weighted by molar-refractivity contribution is 0.0555. The molecule has 2 aliphatic rings. The molecule has 1 N–H and O–H groups in total. The average Bonchev–Trinajstić information content (AvgIpc) is 2.66. The van der Waals surface area contributed by atoms with E-state index < -0.39 is 0 Å². The molecule has 88 valence electrons. The highest BCUT2D eigenvalue weighted by atomic mass is 15.3. The van der Waals surface area contributed by atoms with Crippen molar-refractivity contribution in [2.75, 3.05) is 33.2 Å². The number of hydrogen-bond donors (Lipinski definition) is 1. The third kappa shape index (κ3) is 2.71. The molecule has 0 aliphatic carbocycles. The van der Waals surface area contributed by atoms with Gasteiger partial charge in [0.1, 0.15) is 0 Å². The minimum Gasteiger partial charge on any atom is -0.313 e. The molecule has 0 aromatic rings. The second-order valence-electron chi connectivity index (χ2n) is 5.38. The Kier molecular flexibility index (Phi) is 3.65. The zero-order chi connectivity index (χ0) is 10.8. The van der Waals surface area contributed by atoms with Gasteiger partial charge in [0.15, 0.2) is 0 Å². The van der Waals surface area contributed by atoms with E-state index in [1.165, 1.54) is 39.0 Å². The van der Waals surface area contributed by atoms with Crippen LogP contribution in [0.25, 0.3) is 0 Å². The van der Waals surface area contributed by atoms with Gasteiger partial charge in [0.2, 0.25) is 0 Å². The molecule has 0 amide bonds. The highest BCUT2D eigenvalue weighted by Crippen LogP contribution is 2.15. The number of hydrogen-bond acceptors (Lipinski definition) is 3. The molecule has 0 radical (unpaired) electrons. The Balaban J connectivity index is 1.82. The lowest BCUT2D eigenvalue weighted by atomic mass is 10.1. The van der Waals surface area contributed by atoms with Gasteiger partial charge in [-0.2, -0.15) is 0 Å². The van der Waals surface area contributed by atoms with Crippen molar-refractivity contribution in [3.8, 4) is 0 Å². The standard InChI is InChI=1S/C12H25N3/c1-10-7-15(8-11(2)14(10)3)9-12-5-4-6-13-12/h10-13H,4-9H2,1-3H3/t10?,11?,12-/m1/s1. The fourth-order valence-corrected chi connectivity index (χ4v) is 2.89.